The number of primary amides is 1. The van der Waals surface area contributed by atoms with Gasteiger partial charge in [0.2, 0.25) is 5.91 Å². The average molecular weight is 221 g/mol. The predicted octanol–water partition coefficient (Wildman–Crippen LogP) is -3.08. The summed E-state index contributed by atoms with van der Waals surface area (Å²) in [5.74, 6) is -1.38. The fourth-order valence-corrected chi connectivity index (χ4v) is 0.408. The minimum Gasteiger partial charge on any atom is -0.394 e. The first-order valence-electron chi connectivity index (χ1n) is 3.93. The van der Waals surface area contributed by atoms with Crippen LogP contribution in [0.3, 0.4) is 0 Å². The summed E-state index contributed by atoms with van der Waals surface area (Å²) in [5, 5.41) is 33.6. The Kier molecular flexibility index (Phi) is 10.0. The number of Topliss-reactive ketones (excluding diaryl/α,β-unsaturated/α-hetero) is 1. The van der Waals surface area contributed by atoms with Gasteiger partial charge in [-0.1, -0.05) is 6.58 Å². The largest absolute Gasteiger partial charge is 0.394 e. The van der Waals surface area contributed by atoms with Crippen molar-refractivity contribution in [1.29, 1.82) is 0 Å². The SMILES string of the molecule is C=CC(N)=O.O=C(CO)[C@H](O)[C@H](O)CO. The number of carbonyl (C=O) groups excluding carboxylic acids is 2. The molecule has 0 radical (unpaired) electrons. The molecule has 0 aliphatic carbocycles. The molecule has 0 aliphatic rings. The summed E-state index contributed by atoms with van der Waals surface area (Å²) in [7, 11) is 0. The Morgan fingerprint density at radius 1 is 1.33 bits per heavy atom. The number of hydrogen-bond donors (Lipinski definition) is 5. The molecule has 0 heterocycles. The van der Waals surface area contributed by atoms with E-state index in [0.29, 0.717) is 0 Å². The molecule has 0 aromatic carbocycles. The number of carbonyl (C=O) groups is 2. The van der Waals surface area contributed by atoms with Crippen LogP contribution in [0.4, 0.5) is 0 Å². The molecule has 88 valence electrons. The van der Waals surface area contributed by atoms with Gasteiger partial charge in [-0.3, -0.25) is 9.59 Å². The van der Waals surface area contributed by atoms with Gasteiger partial charge in [0.1, 0.15) is 18.8 Å². The fraction of sp³-hybridized carbons (Fsp3) is 0.500. The molecule has 15 heavy (non-hydrogen) atoms. The van der Waals surface area contributed by atoms with Gasteiger partial charge in [-0.25, -0.2) is 0 Å². The summed E-state index contributed by atoms with van der Waals surface area (Å²) in [4.78, 5) is 19.8. The zero-order chi connectivity index (χ0) is 12.4. The third-order valence-corrected chi connectivity index (χ3v) is 1.24. The van der Waals surface area contributed by atoms with E-state index in [2.05, 4.69) is 12.3 Å². The molecular formula is C8H15NO6. The average Bonchev–Trinajstić information content (AvgIpc) is 2.26. The van der Waals surface area contributed by atoms with Gasteiger partial charge in [-0.2, -0.15) is 0 Å². The lowest BCUT2D eigenvalue weighted by atomic mass is 10.1. The van der Waals surface area contributed by atoms with Crippen molar-refractivity contribution < 1.29 is 30.0 Å². The maximum Gasteiger partial charge on any atom is 0.240 e. The normalized spacial score (nSPS) is 13.1. The monoisotopic (exact) mass is 221 g/mol. The molecule has 6 N–H and O–H groups in total. The van der Waals surface area contributed by atoms with Crippen molar-refractivity contribution in [2.75, 3.05) is 13.2 Å². The first-order valence-corrected chi connectivity index (χ1v) is 3.93. The Balaban J connectivity index is 0. The summed E-state index contributed by atoms with van der Waals surface area (Å²) in [6, 6.07) is 0. The molecule has 0 saturated heterocycles. The Labute approximate surface area is 86.4 Å². The van der Waals surface area contributed by atoms with Gasteiger partial charge in [-0.05, 0) is 6.08 Å². The summed E-state index contributed by atoms with van der Waals surface area (Å²) >= 11 is 0. The van der Waals surface area contributed by atoms with Crippen molar-refractivity contribution in [3.63, 3.8) is 0 Å². The van der Waals surface area contributed by atoms with Crippen LogP contribution in [0.25, 0.3) is 0 Å². The zero-order valence-electron chi connectivity index (χ0n) is 8.04. The van der Waals surface area contributed by atoms with E-state index in [-0.39, 0.29) is 0 Å². The van der Waals surface area contributed by atoms with Crippen LogP contribution in [-0.2, 0) is 9.59 Å². The van der Waals surface area contributed by atoms with Crippen molar-refractivity contribution in [1.82, 2.24) is 0 Å². The van der Waals surface area contributed by atoms with E-state index >= 15 is 0 Å². The van der Waals surface area contributed by atoms with Gasteiger partial charge in [0.25, 0.3) is 0 Å². The molecule has 0 aromatic rings. The number of rotatable bonds is 5. The highest BCUT2D eigenvalue weighted by atomic mass is 16.4. The Bertz CT molecular complexity index is 217. The van der Waals surface area contributed by atoms with Gasteiger partial charge in [0, 0.05) is 0 Å². The van der Waals surface area contributed by atoms with E-state index in [0.717, 1.165) is 6.08 Å². The second kappa shape index (κ2) is 9.28. The molecule has 0 fully saturated rings. The minimum atomic E-state index is -1.69. The summed E-state index contributed by atoms with van der Waals surface area (Å²) < 4.78 is 0. The van der Waals surface area contributed by atoms with Crippen LogP contribution >= 0.6 is 0 Å². The van der Waals surface area contributed by atoms with Crippen LogP contribution in [0.1, 0.15) is 0 Å². The van der Waals surface area contributed by atoms with Gasteiger partial charge in [0.15, 0.2) is 5.78 Å². The van der Waals surface area contributed by atoms with Gasteiger partial charge in [-0.15, -0.1) is 0 Å². The number of hydrogen-bond acceptors (Lipinski definition) is 6. The van der Waals surface area contributed by atoms with Crippen molar-refractivity contribution in [3.8, 4) is 0 Å². The van der Waals surface area contributed by atoms with Gasteiger partial charge in [0.05, 0.1) is 6.61 Å². The number of ketones is 1. The van der Waals surface area contributed by atoms with Crippen molar-refractivity contribution in [3.05, 3.63) is 12.7 Å². The lowest BCUT2D eigenvalue weighted by molar-refractivity contribution is -0.137. The van der Waals surface area contributed by atoms with Crippen LogP contribution in [0, 0.1) is 0 Å². The van der Waals surface area contributed by atoms with E-state index in [1.54, 1.807) is 0 Å². The van der Waals surface area contributed by atoms with Crippen molar-refractivity contribution in [2.24, 2.45) is 5.73 Å². The smallest absolute Gasteiger partial charge is 0.240 e. The van der Waals surface area contributed by atoms with Crippen LogP contribution in [-0.4, -0.2) is 57.5 Å². The highest BCUT2D eigenvalue weighted by Gasteiger charge is 2.21. The van der Waals surface area contributed by atoms with Crippen LogP contribution in [0.15, 0.2) is 12.7 Å². The highest BCUT2D eigenvalue weighted by molar-refractivity contribution is 5.85. The van der Waals surface area contributed by atoms with E-state index in [4.69, 9.17) is 20.4 Å². The molecule has 0 spiro atoms. The lowest BCUT2D eigenvalue weighted by Gasteiger charge is -2.11. The van der Waals surface area contributed by atoms with E-state index < -0.39 is 37.1 Å². The second-order valence-corrected chi connectivity index (χ2v) is 2.43. The van der Waals surface area contributed by atoms with E-state index in [1.807, 2.05) is 0 Å². The summed E-state index contributed by atoms with van der Waals surface area (Å²) in [6.45, 7) is 1.55. The summed E-state index contributed by atoms with van der Waals surface area (Å²) in [5.41, 5.74) is 4.53. The molecule has 0 aliphatic heterocycles. The molecule has 0 unspecified atom stereocenters. The fourth-order valence-electron chi connectivity index (χ4n) is 0.408. The topological polar surface area (TPSA) is 141 Å². The minimum absolute atomic E-state index is 0.481. The summed E-state index contributed by atoms with van der Waals surface area (Å²) in [6.07, 6.45) is -2.13. The molecular weight excluding hydrogens is 206 g/mol. The third kappa shape index (κ3) is 9.03. The predicted molar refractivity (Wildman–Crippen MR) is 50.6 cm³/mol. The number of aliphatic hydroxyl groups is 4. The molecule has 0 saturated carbocycles. The Hall–Kier alpha value is -1.28. The van der Waals surface area contributed by atoms with Crippen molar-refractivity contribution >= 4 is 11.7 Å². The number of amides is 1. The lowest BCUT2D eigenvalue weighted by Crippen LogP contribution is -2.37. The van der Waals surface area contributed by atoms with E-state index in [1.165, 1.54) is 0 Å². The van der Waals surface area contributed by atoms with Gasteiger partial charge < -0.3 is 26.2 Å². The van der Waals surface area contributed by atoms with E-state index in [9.17, 15) is 9.59 Å². The van der Waals surface area contributed by atoms with Crippen molar-refractivity contribution in [2.45, 2.75) is 12.2 Å². The first kappa shape index (κ1) is 16.2. The Morgan fingerprint density at radius 3 is 1.93 bits per heavy atom. The molecule has 7 nitrogen and oxygen atoms in total. The van der Waals surface area contributed by atoms with Gasteiger partial charge >= 0.3 is 0 Å². The second-order valence-electron chi connectivity index (χ2n) is 2.43. The molecule has 0 bridgehead atoms. The zero-order valence-corrected chi connectivity index (χ0v) is 8.04. The quantitative estimate of drug-likeness (QED) is 0.312. The molecule has 2 atom stereocenters. The standard InChI is InChI=1S/C5H10O5.C3H5NO/c6-1-3(8)5(10)4(9)2-7;1-2-3(4)5/h3,5-8,10H,1-2H2;2H,1H2,(H2,4,5)/t3-,5-;/m1./s1. The molecule has 7 heteroatoms. The number of nitrogens with two attached hydrogens (primary N) is 1. The third-order valence-electron chi connectivity index (χ3n) is 1.24. The number of aliphatic hydroxyl groups excluding tert-OH is 4. The maximum absolute atomic E-state index is 10.3. The van der Waals surface area contributed by atoms with Crippen LogP contribution in [0.5, 0.6) is 0 Å². The highest BCUT2D eigenvalue weighted by Crippen LogP contribution is 1.92. The molecule has 1 amide bonds. The molecule has 0 rings (SSSR count). The van der Waals surface area contributed by atoms with Crippen LogP contribution in [0.2, 0.25) is 0 Å². The van der Waals surface area contributed by atoms with Crippen LogP contribution < -0.4 is 5.73 Å². The maximum atomic E-state index is 10.3. The first-order chi connectivity index (χ1) is 6.90. The Morgan fingerprint density at radius 2 is 1.73 bits per heavy atom. The molecule has 0 aromatic heterocycles.